The fraction of sp³-hybridized carbons (Fsp3) is 0.714. The Hall–Kier alpha value is -0.720. The first kappa shape index (κ1) is 19.8. The second-order valence-corrected chi connectivity index (χ2v) is 3.59. The average molecular weight is 213 g/mol. The zero-order chi connectivity index (χ0) is 12.7. The van der Waals surface area contributed by atoms with E-state index in [2.05, 4.69) is 20.8 Å². The van der Waals surface area contributed by atoms with Gasteiger partial charge in [0.2, 0.25) is 0 Å². The summed E-state index contributed by atoms with van der Waals surface area (Å²) in [7, 11) is 0. The van der Waals surface area contributed by atoms with Crippen LogP contribution in [0, 0.1) is 5.92 Å². The zero-order valence-electron chi connectivity index (χ0n) is 11.8. The summed E-state index contributed by atoms with van der Waals surface area (Å²) < 4.78 is 0. The van der Waals surface area contributed by atoms with Crippen molar-refractivity contribution in [3.05, 3.63) is 23.9 Å². The van der Waals surface area contributed by atoms with Crippen LogP contribution >= 0.6 is 0 Å². The lowest BCUT2D eigenvalue weighted by Crippen LogP contribution is -1.81. The van der Waals surface area contributed by atoms with Crippen molar-refractivity contribution in [2.24, 2.45) is 11.7 Å². The minimum absolute atomic E-state index is 0.898. The van der Waals surface area contributed by atoms with E-state index in [1.807, 2.05) is 39.8 Å². The van der Waals surface area contributed by atoms with Gasteiger partial charge in [-0.15, -0.1) is 0 Å². The van der Waals surface area contributed by atoms with Crippen LogP contribution in [0.1, 0.15) is 61.3 Å². The minimum Gasteiger partial charge on any atom is -0.404 e. The molecule has 1 nitrogen and oxygen atoms in total. The third-order valence-electron chi connectivity index (χ3n) is 1.56. The molecule has 0 amide bonds. The Morgan fingerprint density at radius 2 is 1.73 bits per heavy atom. The SMILES string of the molecule is C/C=C\C(C)=C/N.CC.CCCC(C)C. The predicted molar refractivity (Wildman–Crippen MR) is 73.9 cm³/mol. The molecule has 0 aromatic rings. The van der Waals surface area contributed by atoms with Crippen LogP contribution in [0.3, 0.4) is 0 Å². The molecule has 0 spiro atoms. The molecule has 92 valence electrons. The van der Waals surface area contributed by atoms with E-state index in [0.29, 0.717) is 0 Å². The second kappa shape index (κ2) is 18.9. The maximum absolute atomic E-state index is 5.14. The molecule has 1 heteroatoms. The van der Waals surface area contributed by atoms with Crippen molar-refractivity contribution in [2.75, 3.05) is 0 Å². The molecular formula is C14H31N. The molecule has 0 saturated heterocycles. The van der Waals surface area contributed by atoms with Gasteiger partial charge in [0.05, 0.1) is 0 Å². The third kappa shape index (κ3) is 31.9. The van der Waals surface area contributed by atoms with E-state index >= 15 is 0 Å². The first-order valence-corrected chi connectivity index (χ1v) is 6.09. The molecule has 0 radical (unpaired) electrons. The number of hydrogen-bond acceptors (Lipinski definition) is 1. The standard InChI is InChI=1S/C6H11N.C6H14.C2H6/c1-3-4-6(2)5-7;1-4-5-6(2)3;1-2/h3-5H,7H2,1-2H3;6H,4-5H2,1-3H3;1-2H3/b4-3-,6-5-;;. The van der Waals surface area contributed by atoms with Crippen LogP contribution in [0.25, 0.3) is 0 Å². The number of nitrogens with two attached hydrogens (primary N) is 1. The molecule has 15 heavy (non-hydrogen) atoms. The van der Waals surface area contributed by atoms with Crippen molar-refractivity contribution in [2.45, 2.75) is 61.3 Å². The maximum Gasteiger partial charge on any atom is -0.00327 e. The molecule has 0 fully saturated rings. The molecule has 0 aliphatic rings. The summed E-state index contributed by atoms with van der Waals surface area (Å²) >= 11 is 0. The molecule has 0 aromatic heterocycles. The van der Waals surface area contributed by atoms with E-state index in [1.54, 1.807) is 6.20 Å². The van der Waals surface area contributed by atoms with Crippen molar-refractivity contribution >= 4 is 0 Å². The lowest BCUT2D eigenvalue weighted by atomic mass is 10.1. The highest BCUT2D eigenvalue weighted by Gasteiger charge is 1.85. The summed E-state index contributed by atoms with van der Waals surface area (Å²) in [6.45, 7) is 14.7. The predicted octanol–water partition coefficient (Wildman–Crippen LogP) is 4.89. The number of allylic oxidation sites excluding steroid dienone is 3. The number of rotatable bonds is 3. The average Bonchev–Trinajstić information content (AvgIpc) is 2.22. The first-order chi connectivity index (χ1) is 7.08. The Balaban J connectivity index is -0.000000166. The Kier molecular flexibility index (Phi) is 25.0. The highest BCUT2D eigenvalue weighted by molar-refractivity contribution is 5.13. The van der Waals surface area contributed by atoms with Crippen LogP contribution < -0.4 is 5.73 Å². The summed E-state index contributed by atoms with van der Waals surface area (Å²) in [6, 6.07) is 0. The molecule has 0 saturated carbocycles. The van der Waals surface area contributed by atoms with E-state index in [9.17, 15) is 0 Å². The van der Waals surface area contributed by atoms with Crippen LogP contribution in [-0.2, 0) is 0 Å². The topological polar surface area (TPSA) is 26.0 Å². The molecule has 0 aliphatic heterocycles. The van der Waals surface area contributed by atoms with Gasteiger partial charge < -0.3 is 5.73 Å². The van der Waals surface area contributed by atoms with Gasteiger partial charge in [-0.3, -0.25) is 0 Å². The van der Waals surface area contributed by atoms with Crippen LogP contribution in [0.15, 0.2) is 23.9 Å². The van der Waals surface area contributed by atoms with Crippen molar-refractivity contribution in [1.82, 2.24) is 0 Å². The van der Waals surface area contributed by atoms with Gasteiger partial charge in [-0.1, -0.05) is 59.6 Å². The summed E-state index contributed by atoms with van der Waals surface area (Å²) in [5.41, 5.74) is 6.24. The first-order valence-electron chi connectivity index (χ1n) is 6.09. The van der Waals surface area contributed by atoms with E-state index in [-0.39, 0.29) is 0 Å². The van der Waals surface area contributed by atoms with E-state index in [1.165, 1.54) is 12.8 Å². The third-order valence-corrected chi connectivity index (χ3v) is 1.56. The molecule has 0 atom stereocenters. The Morgan fingerprint density at radius 3 is 1.80 bits per heavy atom. The van der Waals surface area contributed by atoms with E-state index in [4.69, 9.17) is 5.73 Å². The van der Waals surface area contributed by atoms with Crippen molar-refractivity contribution in [3.63, 3.8) is 0 Å². The summed E-state index contributed by atoms with van der Waals surface area (Å²) in [4.78, 5) is 0. The molecule has 2 N–H and O–H groups in total. The maximum atomic E-state index is 5.14. The molecule has 0 unspecified atom stereocenters. The second-order valence-electron chi connectivity index (χ2n) is 3.59. The van der Waals surface area contributed by atoms with Gasteiger partial charge >= 0.3 is 0 Å². The Morgan fingerprint density at radius 1 is 1.27 bits per heavy atom. The largest absolute Gasteiger partial charge is 0.404 e. The lowest BCUT2D eigenvalue weighted by Gasteiger charge is -1.95. The summed E-state index contributed by atoms with van der Waals surface area (Å²) in [5.74, 6) is 0.898. The Labute approximate surface area is 97.5 Å². The number of hydrogen-bond donors (Lipinski definition) is 1. The molecule has 0 aliphatic carbocycles. The lowest BCUT2D eigenvalue weighted by molar-refractivity contribution is 0.576. The van der Waals surface area contributed by atoms with Gasteiger partial charge in [0.15, 0.2) is 0 Å². The smallest absolute Gasteiger partial charge is 0.00327 e. The van der Waals surface area contributed by atoms with Crippen molar-refractivity contribution in [3.8, 4) is 0 Å². The van der Waals surface area contributed by atoms with Crippen LogP contribution in [0.4, 0.5) is 0 Å². The normalized spacial score (nSPS) is 10.5. The van der Waals surface area contributed by atoms with Gasteiger partial charge in [-0.2, -0.15) is 0 Å². The monoisotopic (exact) mass is 213 g/mol. The molecular weight excluding hydrogens is 182 g/mol. The highest BCUT2D eigenvalue weighted by atomic mass is 14.5. The molecule has 0 bridgehead atoms. The summed E-state index contributed by atoms with van der Waals surface area (Å²) in [6.07, 6.45) is 8.20. The fourth-order valence-electron chi connectivity index (χ4n) is 0.896. The fourth-order valence-corrected chi connectivity index (χ4v) is 0.896. The van der Waals surface area contributed by atoms with Gasteiger partial charge in [0, 0.05) is 0 Å². The van der Waals surface area contributed by atoms with Crippen molar-refractivity contribution < 1.29 is 0 Å². The quantitative estimate of drug-likeness (QED) is 0.663. The van der Waals surface area contributed by atoms with Gasteiger partial charge in [0.25, 0.3) is 0 Å². The van der Waals surface area contributed by atoms with Gasteiger partial charge in [-0.25, -0.2) is 0 Å². The molecule has 0 aromatic carbocycles. The summed E-state index contributed by atoms with van der Waals surface area (Å²) in [5, 5.41) is 0. The van der Waals surface area contributed by atoms with Crippen LogP contribution in [0.5, 0.6) is 0 Å². The molecule has 0 rings (SSSR count). The zero-order valence-corrected chi connectivity index (χ0v) is 11.8. The van der Waals surface area contributed by atoms with Crippen molar-refractivity contribution in [1.29, 1.82) is 0 Å². The van der Waals surface area contributed by atoms with E-state index < -0.39 is 0 Å². The Bertz CT molecular complexity index is 143. The van der Waals surface area contributed by atoms with Gasteiger partial charge in [-0.05, 0) is 31.5 Å². The van der Waals surface area contributed by atoms with Crippen LogP contribution in [0.2, 0.25) is 0 Å². The van der Waals surface area contributed by atoms with Crippen LogP contribution in [-0.4, -0.2) is 0 Å². The molecule has 0 heterocycles. The van der Waals surface area contributed by atoms with E-state index in [0.717, 1.165) is 11.5 Å². The minimum atomic E-state index is 0.898. The highest BCUT2D eigenvalue weighted by Crippen LogP contribution is 2.00. The van der Waals surface area contributed by atoms with Gasteiger partial charge in [0.1, 0.15) is 0 Å².